The second kappa shape index (κ2) is 14.1. The van der Waals surface area contributed by atoms with Gasteiger partial charge in [-0.25, -0.2) is 0 Å². The van der Waals surface area contributed by atoms with Crippen LogP contribution in [0.1, 0.15) is 24.6 Å². The van der Waals surface area contributed by atoms with Gasteiger partial charge in [-0.1, -0.05) is 56.7 Å². The molecule has 186 valence electrons. The Bertz CT molecular complexity index is 1110. The Morgan fingerprint density at radius 3 is 2.31 bits per heavy atom. The summed E-state index contributed by atoms with van der Waals surface area (Å²) in [6, 6.07) is 12.4. The second-order valence-corrected chi connectivity index (χ2v) is 8.66. The van der Waals surface area contributed by atoms with Gasteiger partial charge in [0.25, 0.3) is 0 Å². The quantitative estimate of drug-likeness (QED) is 0.124. The monoisotopic (exact) mass is 558 g/mol. The van der Waals surface area contributed by atoms with Gasteiger partial charge in [-0.3, -0.25) is 0 Å². The first-order chi connectivity index (χ1) is 17.0. The molecule has 7 nitrogen and oxygen atoms in total. The molecule has 0 unspecified atom stereocenters. The molecule has 0 saturated heterocycles. The van der Waals surface area contributed by atoms with Gasteiger partial charge in [-0.2, -0.15) is 0 Å². The summed E-state index contributed by atoms with van der Waals surface area (Å²) in [5, 5.41) is 8.74. The largest absolute Gasteiger partial charge is 0.493 e. The molecule has 3 rings (SSSR count). The minimum absolute atomic E-state index is 0.118. The molecule has 2 aromatic carbocycles. The van der Waals surface area contributed by atoms with Crippen molar-refractivity contribution in [1.82, 2.24) is 5.16 Å². The number of rotatable bonds is 13. The number of nitrogens with zero attached hydrogens (tertiary/aromatic N) is 2. The number of halogens is 4. The van der Waals surface area contributed by atoms with E-state index in [1.807, 2.05) is 31.2 Å². The van der Waals surface area contributed by atoms with Crippen molar-refractivity contribution >= 4 is 52.1 Å². The van der Waals surface area contributed by atoms with Crippen LogP contribution in [0.2, 0.25) is 10.0 Å². The number of hydrogen-bond donors (Lipinski definition) is 0. The molecule has 0 atom stereocenters. The van der Waals surface area contributed by atoms with Gasteiger partial charge in [0.05, 0.1) is 23.3 Å². The summed E-state index contributed by atoms with van der Waals surface area (Å²) in [5.74, 6) is 1.56. The van der Waals surface area contributed by atoms with Crippen molar-refractivity contribution in [1.29, 1.82) is 0 Å². The lowest BCUT2D eigenvalue weighted by Gasteiger charge is -2.13. The van der Waals surface area contributed by atoms with Gasteiger partial charge in [-0.05, 0) is 37.3 Å². The first-order valence-electron chi connectivity index (χ1n) is 10.6. The SMILES string of the molecule is CCON=C(c1ccc(OCCCOc2c(Cl)cc(OCC=C(Cl)Cl)cc2Cl)cc1)c1ccon1. The van der Waals surface area contributed by atoms with E-state index in [1.165, 1.54) is 12.3 Å². The van der Waals surface area contributed by atoms with Crippen LogP contribution < -0.4 is 14.2 Å². The van der Waals surface area contributed by atoms with E-state index in [4.69, 9.17) is 70.0 Å². The molecule has 0 aliphatic rings. The summed E-state index contributed by atoms with van der Waals surface area (Å²) < 4.78 is 22.0. The van der Waals surface area contributed by atoms with Crippen molar-refractivity contribution in [3.05, 3.63) is 80.6 Å². The van der Waals surface area contributed by atoms with Crippen LogP contribution in [0, 0.1) is 0 Å². The first kappa shape index (κ1) is 27.0. The van der Waals surface area contributed by atoms with E-state index in [0.29, 0.717) is 64.9 Å². The highest BCUT2D eigenvalue weighted by Crippen LogP contribution is 2.37. The Labute approximate surface area is 223 Å². The highest BCUT2D eigenvalue weighted by atomic mass is 35.5. The zero-order chi connectivity index (χ0) is 25.0. The van der Waals surface area contributed by atoms with E-state index >= 15 is 0 Å². The predicted octanol–water partition coefficient (Wildman–Crippen LogP) is 7.32. The molecule has 11 heteroatoms. The van der Waals surface area contributed by atoms with Crippen LogP contribution in [0.4, 0.5) is 0 Å². The zero-order valence-corrected chi connectivity index (χ0v) is 21.7. The van der Waals surface area contributed by atoms with E-state index in [9.17, 15) is 0 Å². The third kappa shape index (κ3) is 8.54. The van der Waals surface area contributed by atoms with Crippen molar-refractivity contribution in [2.45, 2.75) is 13.3 Å². The molecule has 0 aliphatic heterocycles. The van der Waals surface area contributed by atoms with E-state index in [0.717, 1.165) is 5.56 Å². The molecule has 35 heavy (non-hydrogen) atoms. The smallest absolute Gasteiger partial charge is 0.156 e. The first-order valence-corrected chi connectivity index (χ1v) is 12.1. The Balaban J connectivity index is 1.48. The van der Waals surface area contributed by atoms with E-state index in [-0.39, 0.29) is 11.1 Å². The Hall–Kier alpha value is -2.58. The van der Waals surface area contributed by atoms with Crippen molar-refractivity contribution in [2.75, 3.05) is 26.4 Å². The van der Waals surface area contributed by atoms with E-state index in [2.05, 4.69) is 10.3 Å². The number of oxime groups is 1. The molecular weight excluding hydrogens is 538 g/mol. The molecule has 3 aromatic rings. The average Bonchev–Trinajstić information content (AvgIpc) is 3.36. The van der Waals surface area contributed by atoms with Gasteiger partial charge >= 0.3 is 0 Å². The Morgan fingerprint density at radius 2 is 1.69 bits per heavy atom. The van der Waals surface area contributed by atoms with Gasteiger partial charge in [0.1, 0.15) is 46.9 Å². The zero-order valence-electron chi connectivity index (χ0n) is 18.7. The van der Waals surface area contributed by atoms with Crippen molar-refractivity contribution in [3.8, 4) is 17.2 Å². The maximum atomic E-state index is 6.28. The van der Waals surface area contributed by atoms with Crippen molar-refractivity contribution in [2.24, 2.45) is 5.16 Å². The van der Waals surface area contributed by atoms with Crippen LogP contribution in [0.15, 0.2) is 69.0 Å². The molecule has 0 radical (unpaired) electrons. The Morgan fingerprint density at radius 1 is 0.971 bits per heavy atom. The molecule has 1 heterocycles. The average molecular weight is 560 g/mol. The lowest BCUT2D eigenvalue weighted by atomic mass is 10.1. The number of aromatic nitrogens is 1. The summed E-state index contributed by atoms with van der Waals surface area (Å²) in [7, 11) is 0. The third-order valence-corrected chi connectivity index (χ3v) is 5.23. The third-order valence-electron chi connectivity index (χ3n) is 4.36. The van der Waals surface area contributed by atoms with Crippen LogP contribution in [0.25, 0.3) is 0 Å². The topological polar surface area (TPSA) is 75.3 Å². The van der Waals surface area contributed by atoms with Gasteiger partial charge in [0, 0.05) is 30.2 Å². The maximum Gasteiger partial charge on any atom is 0.156 e. The minimum Gasteiger partial charge on any atom is -0.493 e. The summed E-state index contributed by atoms with van der Waals surface area (Å²) in [6.07, 6.45) is 3.60. The lowest BCUT2D eigenvalue weighted by molar-refractivity contribution is 0.159. The van der Waals surface area contributed by atoms with E-state index in [1.54, 1.807) is 18.2 Å². The molecule has 0 saturated carbocycles. The second-order valence-electron chi connectivity index (χ2n) is 6.84. The standard InChI is InChI=1S/C24H22Cl4N2O5/c1-2-34-30-23(21-8-13-35-29-21)16-4-6-17(7-5-16)31-10-3-11-33-24-19(25)14-18(15-20(24)26)32-12-9-22(27)28/h4-9,13-15H,2-3,10-12H2,1H3. The molecule has 0 fully saturated rings. The normalized spacial score (nSPS) is 11.2. The highest BCUT2D eigenvalue weighted by Gasteiger charge is 2.13. The van der Waals surface area contributed by atoms with Crippen LogP contribution in [0.5, 0.6) is 17.2 Å². The van der Waals surface area contributed by atoms with Crippen molar-refractivity contribution in [3.63, 3.8) is 0 Å². The van der Waals surface area contributed by atoms with Crippen LogP contribution in [-0.4, -0.2) is 37.3 Å². The molecule has 1 aromatic heterocycles. The molecule has 0 bridgehead atoms. The van der Waals surface area contributed by atoms with Gasteiger partial charge in [-0.15, -0.1) is 0 Å². The van der Waals surface area contributed by atoms with Gasteiger partial charge in [0.15, 0.2) is 5.75 Å². The fraction of sp³-hybridized carbons (Fsp3) is 0.250. The molecular formula is C24H22Cl4N2O5. The van der Waals surface area contributed by atoms with Crippen LogP contribution in [-0.2, 0) is 4.84 Å². The van der Waals surface area contributed by atoms with E-state index < -0.39 is 0 Å². The lowest BCUT2D eigenvalue weighted by Crippen LogP contribution is -2.07. The fourth-order valence-corrected chi connectivity index (χ4v) is 3.50. The summed E-state index contributed by atoms with van der Waals surface area (Å²) in [5.41, 5.74) is 1.98. The van der Waals surface area contributed by atoms with Crippen molar-refractivity contribution < 1.29 is 23.6 Å². The highest BCUT2D eigenvalue weighted by molar-refractivity contribution is 6.55. The molecule has 0 amide bonds. The summed E-state index contributed by atoms with van der Waals surface area (Å²) in [6.45, 7) is 3.29. The summed E-state index contributed by atoms with van der Waals surface area (Å²) >= 11 is 23.7. The fourth-order valence-electron chi connectivity index (χ4n) is 2.80. The van der Waals surface area contributed by atoms with Gasteiger partial charge in [0.2, 0.25) is 0 Å². The Kier molecular flexibility index (Phi) is 10.9. The minimum atomic E-state index is 0.118. The van der Waals surface area contributed by atoms with Gasteiger partial charge < -0.3 is 23.6 Å². The molecule has 0 aliphatic carbocycles. The predicted molar refractivity (Wildman–Crippen MR) is 138 cm³/mol. The summed E-state index contributed by atoms with van der Waals surface area (Å²) in [4.78, 5) is 5.20. The maximum absolute atomic E-state index is 6.28. The van der Waals surface area contributed by atoms with Crippen LogP contribution in [0.3, 0.4) is 0 Å². The number of ether oxygens (including phenoxy) is 3. The molecule has 0 spiro atoms. The van der Waals surface area contributed by atoms with Crippen LogP contribution >= 0.6 is 46.4 Å². The number of hydrogen-bond acceptors (Lipinski definition) is 7. The molecule has 0 N–H and O–H groups in total. The number of benzene rings is 2.